The van der Waals surface area contributed by atoms with Crippen LogP contribution in [0.5, 0.6) is 0 Å². The standard InChI is InChI=1S/C12H12N2OS/c1-3-13-11(15)9(2)14(12(13)16)10-7-5-4-6-8-10/h4-8H,2-3H2,1H3. The molecular formula is C12H12N2OS. The third kappa shape index (κ3) is 1.51. The predicted molar refractivity (Wildman–Crippen MR) is 68.0 cm³/mol. The van der Waals surface area contributed by atoms with Crippen LogP contribution in [0.15, 0.2) is 42.6 Å². The lowest BCUT2D eigenvalue weighted by Crippen LogP contribution is -2.32. The van der Waals surface area contributed by atoms with E-state index >= 15 is 0 Å². The number of carbonyl (C=O) groups is 1. The maximum absolute atomic E-state index is 11.8. The van der Waals surface area contributed by atoms with E-state index in [0.717, 1.165) is 5.69 Å². The summed E-state index contributed by atoms with van der Waals surface area (Å²) in [5.74, 6) is -0.114. The first-order valence-electron chi connectivity index (χ1n) is 5.06. The van der Waals surface area contributed by atoms with Gasteiger partial charge in [-0.1, -0.05) is 24.8 Å². The molecule has 1 amide bonds. The second kappa shape index (κ2) is 4.06. The molecule has 0 bridgehead atoms. The minimum atomic E-state index is -0.114. The lowest BCUT2D eigenvalue weighted by Gasteiger charge is -2.18. The Morgan fingerprint density at radius 2 is 1.94 bits per heavy atom. The van der Waals surface area contributed by atoms with Crippen LogP contribution in [0.2, 0.25) is 0 Å². The Kier molecular flexibility index (Phi) is 2.75. The minimum absolute atomic E-state index is 0.114. The molecule has 1 aliphatic rings. The number of carbonyl (C=O) groups excluding carboxylic acids is 1. The number of hydrogen-bond donors (Lipinski definition) is 0. The zero-order valence-corrected chi connectivity index (χ0v) is 9.83. The van der Waals surface area contributed by atoms with E-state index in [1.165, 1.54) is 0 Å². The molecule has 0 aliphatic carbocycles. The van der Waals surface area contributed by atoms with Crippen LogP contribution in [0.3, 0.4) is 0 Å². The molecule has 1 heterocycles. The van der Waals surface area contributed by atoms with Gasteiger partial charge in [0.1, 0.15) is 5.70 Å². The van der Waals surface area contributed by atoms with Gasteiger partial charge in [-0.2, -0.15) is 0 Å². The van der Waals surface area contributed by atoms with Gasteiger partial charge in [0.15, 0.2) is 5.11 Å². The summed E-state index contributed by atoms with van der Waals surface area (Å²) in [5, 5.41) is 0.503. The molecule has 0 atom stereocenters. The normalized spacial score (nSPS) is 16.2. The highest BCUT2D eigenvalue weighted by molar-refractivity contribution is 7.80. The molecule has 82 valence electrons. The molecule has 0 aromatic heterocycles. The summed E-state index contributed by atoms with van der Waals surface area (Å²) in [6.07, 6.45) is 0. The lowest BCUT2D eigenvalue weighted by molar-refractivity contribution is -0.122. The van der Waals surface area contributed by atoms with Crippen LogP contribution >= 0.6 is 12.2 Å². The van der Waals surface area contributed by atoms with Gasteiger partial charge in [0.25, 0.3) is 5.91 Å². The molecular weight excluding hydrogens is 220 g/mol. The van der Waals surface area contributed by atoms with Crippen LogP contribution < -0.4 is 4.90 Å². The highest BCUT2D eigenvalue weighted by atomic mass is 32.1. The van der Waals surface area contributed by atoms with Gasteiger partial charge in [-0.3, -0.25) is 14.6 Å². The Morgan fingerprint density at radius 3 is 2.44 bits per heavy atom. The molecule has 1 aromatic rings. The Bertz CT molecular complexity index is 455. The maximum Gasteiger partial charge on any atom is 0.276 e. The van der Waals surface area contributed by atoms with Crippen LogP contribution in [0.4, 0.5) is 5.69 Å². The number of rotatable bonds is 2. The highest BCUT2D eigenvalue weighted by Gasteiger charge is 2.36. The largest absolute Gasteiger partial charge is 0.283 e. The third-order valence-corrected chi connectivity index (χ3v) is 2.92. The summed E-state index contributed by atoms with van der Waals surface area (Å²) in [6, 6.07) is 9.55. The van der Waals surface area contributed by atoms with Crippen LogP contribution in [0, 0.1) is 0 Å². The second-order valence-corrected chi connectivity index (χ2v) is 3.81. The van der Waals surface area contributed by atoms with Gasteiger partial charge in [0.2, 0.25) is 0 Å². The van der Waals surface area contributed by atoms with Crippen LogP contribution in [0.25, 0.3) is 0 Å². The van der Waals surface area contributed by atoms with E-state index in [4.69, 9.17) is 12.2 Å². The monoisotopic (exact) mass is 232 g/mol. The number of hydrogen-bond acceptors (Lipinski definition) is 2. The molecule has 0 spiro atoms. The number of para-hydroxylation sites is 1. The summed E-state index contributed by atoms with van der Waals surface area (Å²) in [6.45, 7) is 6.25. The summed E-state index contributed by atoms with van der Waals surface area (Å²) in [4.78, 5) is 15.1. The van der Waals surface area contributed by atoms with Gasteiger partial charge < -0.3 is 0 Å². The Morgan fingerprint density at radius 1 is 1.31 bits per heavy atom. The van der Waals surface area contributed by atoms with Crippen molar-refractivity contribution in [2.24, 2.45) is 0 Å². The number of nitrogens with zero attached hydrogens (tertiary/aromatic N) is 2. The van der Waals surface area contributed by atoms with Crippen molar-refractivity contribution >= 4 is 28.9 Å². The molecule has 1 fully saturated rings. The van der Waals surface area contributed by atoms with E-state index < -0.39 is 0 Å². The minimum Gasteiger partial charge on any atom is -0.283 e. The first-order valence-corrected chi connectivity index (χ1v) is 5.47. The summed E-state index contributed by atoms with van der Waals surface area (Å²) in [5.41, 5.74) is 1.29. The van der Waals surface area contributed by atoms with Crippen molar-refractivity contribution in [1.82, 2.24) is 4.90 Å². The van der Waals surface area contributed by atoms with Gasteiger partial charge in [0.05, 0.1) is 0 Å². The van der Waals surface area contributed by atoms with Crippen molar-refractivity contribution < 1.29 is 4.79 Å². The molecule has 2 rings (SSSR count). The Hall–Kier alpha value is -1.68. The number of anilines is 1. The quantitative estimate of drug-likeness (QED) is 0.576. The Balaban J connectivity index is 2.41. The first kappa shape index (κ1) is 10.8. The average Bonchev–Trinajstić information content (AvgIpc) is 2.51. The van der Waals surface area contributed by atoms with E-state index in [1.807, 2.05) is 37.3 Å². The fourth-order valence-electron chi connectivity index (χ4n) is 1.70. The first-order chi connectivity index (χ1) is 7.66. The fraction of sp³-hybridized carbons (Fsp3) is 0.167. The van der Waals surface area contributed by atoms with Crippen molar-refractivity contribution in [3.63, 3.8) is 0 Å². The SMILES string of the molecule is C=C1C(=O)N(CC)C(=S)N1c1ccccc1. The maximum atomic E-state index is 11.8. The molecule has 1 aromatic carbocycles. The number of amides is 1. The third-order valence-electron chi connectivity index (χ3n) is 2.51. The van der Waals surface area contributed by atoms with Crippen LogP contribution in [-0.2, 0) is 4.79 Å². The molecule has 3 nitrogen and oxygen atoms in total. The summed E-state index contributed by atoms with van der Waals surface area (Å²) in [7, 11) is 0. The van der Waals surface area contributed by atoms with Gasteiger partial charge in [-0.05, 0) is 31.3 Å². The topological polar surface area (TPSA) is 23.6 Å². The van der Waals surface area contributed by atoms with Crippen molar-refractivity contribution in [2.75, 3.05) is 11.4 Å². The smallest absolute Gasteiger partial charge is 0.276 e. The Labute approximate surface area is 100.0 Å². The van der Waals surface area contributed by atoms with Crippen LogP contribution in [0.1, 0.15) is 6.92 Å². The number of benzene rings is 1. The van der Waals surface area contributed by atoms with E-state index in [2.05, 4.69) is 6.58 Å². The van der Waals surface area contributed by atoms with Gasteiger partial charge >= 0.3 is 0 Å². The summed E-state index contributed by atoms with van der Waals surface area (Å²) < 4.78 is 0. The van der Waals surface area contributed by atoms with Crippen molar-refractivity contribution in [3.05, 3.63) is 42.6 Å². The van der Waals surface area contributed by atoms with E-state index in [1.54, 1.807) is 9.80 Å². The number of likely N-dealkylation sites (N-methyl/N-ethyl adjacent to an activating group) is 1. The molecule has 16 heavy (non-hydrogen) atoms. The van der Waals surface area contributed by atoms with Crippen molar-refractivity contribution in [1.29, 1.82) is 0 Å². The van der Waals surface area contributed by atoms with Gasteiger partial charge in [-0.15, -0.1) is 0 Å². The predicted octanol–water partition coefficient (Wildman–Crippen LogP) is 2.15. The molecule has 1 saturated heterocycles. The highest BCUT2D eigenvalue weighted by Crippen LogP contribution is 2.26. The van der Waals surface area contributed by atoms with Gasteiger partial charge in [0, 0.05) is 12.2 Å². The second-order valence-electron chi connectivity index (χ2n) is 3.45. The lowest BCUT2D eigenvalue weighted by atomic mass is 10.3. The molecule has 1 aliphatic heterocycles. The van der Waals surface area contributed by atoms with Crippen LogP contribution in [-0.4, -0.2) is 22.5 Å². The van der Waals surface area contributed by atoms with Crippen molar-refractivity contribution in [3.8, 4) is 0 Å². The molecule has 4 heteroatoms. The number of thiocarbonyl (C=S) groups is 1. The molecule has 0 unspecified atom stereocenters. The van der Waals surface area contributed by atoms with Gasteiger partial charge in [-0.25, -0.2) is 0 Å². The van der Waals surface area contributed by atoms with Crippen molar-refractivity contribution in [2.45, 2.75) is 6.92 Å². The zero-order valence-electron chi connectivity index (χ0n) is 9.01. The van der Waals surface area contributed by atoms with E-state index in [0.29, 0.717) is 17.4 Å². The summed E-state index contributed by atoms with van der Waals surface area (Å²) >= 11 is 5.27. The zero-order chi connectivity index (χ0) is 11.7. The molecule has 0 saturated carbocycles. The molecule has 0 N–H and O–H groups in total. The molecule has 0 radical (unpaired) electrons. The average molecular weight is 232 g/mol. The van der Waals surface area contributed by atoms with E-state index in [-0.39, 0.29) is 5.91 Å². The fourth-order valence-corrected chi connectivity index (χ4v) is 2.12. The van der Waals surface area contributed by atoms with E-state index in [9.17, 15) is 4.79 Å².